The number of rotatable bonds is 7. The fraction of sp³-hybridized carbons (Fsp3) is 0.333. The molecule has 0 radical (unpaired) electrons. The van der Waals surface area contributed by atoms with Gasteiger partial charge in [-0.2, -0.15) is 0 Å². The van der Waals surface area contributed by atoms with Crippen molar-refractivity contribution >= 4 is 22.0 Å². The van der Waals surface area contributed by atoms with E-state index in [2.05, 4.69) is 9.46 Å². The van der Waals surface area contributed by atoms with E-state index in [1.165, 1.54) is 31.4 Å². The van der Waals surface area contributed by atoms with Crippen molar-refractivity contribution in [2.24, 2.45) is 0 Å². The van der Waals surface area contributed by atoms with Crippen LogP contribution >= 0.6 is 0 Å². The lowest BCUT2D eigenvalue weighted by Gasteiger charge is -2.07. The molecule has 0 aliphatic heterocycles. The van der Waals surface area contributed by atoms with Gasteiger partial charge in [0.25, 0.3) is 0 Å². The van der Waals surface area contributed by atoms with Crippen LogP contribution in [0.25, 0.3) is 0 Å². The highest BCUT2D eigenvalue weighted by Crippen LogP contribution is 2.23. The van der Waals surface area contributed by atoms with Crippen molar-refractivity contribution in [1.82, 2.24) is 4.72 Å². The monoisotopic (exact) mass is 393 g/mol. The number of hydrogen-bond donors (Lipinski definition) is 1. The summed E-state index contributed by atoms with van der Waals surface area (Å²) >= 11 is 0. The molecule has 0 spiro atoms. The van der Waals surface area contributed by atoms with Gasteiger partial charge in [-0.05, 0) is 44.0 Å². The van der Waals surface area contributed by atoms with Crippen LogP contribution in [0.3, 0.4) is 0 Å². The number of hydrogen-bond acceptors (Lipinski definition) is 7. The van der Waals surface area contributed by atoms with E-state index in [1.54, 1.807) is 13.0 Å². The molecule has 1 saturated carbocycles. The van der Waals surface area contributed by atoms with E-state index in [4.69, 9.17) is 9.15 Å². The number of ether oxygens (including phenoxy) is 2. The fourth-order valence-corrected chi connectivity index (χ4v) is 3.76. The maximum atomic E-state index is 12.2. The van der Waals surface area contributed by atoms with Crippen LogP contribution in [0.1, 0.15) is 45.1 Å². The van der Waals surface area contributed by atoms with Gasteiger partial charge in [-0.1, -0.05) is 6.07 Å². The minimum atomic E-state index is -3.66. The Bertz CT molecular complexity index is 973. The Morgan fingerprint density at radius 3 is 2.63 bits per heavy atom. The molecule has 1 aliphatic rings. The van der Waals surface area contributed by atoms with Crippen LogP contribution < -0.4 is 4.72 Å². The second kappa shape index (κ2) is 7.53. The molecule has 2 aromatic rings. The molecular weight excluding hydrogens is 374 g/mol. The summed E-state index contributed by atoms with van der Waals surface area (Å²) in [5.74, 6) is -0.999. The number of carbonyl (C=O) groups excluding carboxylic acids is 2. The summed E-state index contributed by atoms with van der Waals surface area (Å²) in [5.41, 5.74) is 0.664. The lowest BCUT2D eigenvalue weighted by atomic mass is 10.2. The van der Waals surface area contributed by atoms with Crippen molar-refractivity contribution in [2.45, 2.75) is 37.3 Å². The average molecular weight is 393 g/mol. The molecule has 1 fully saturated rings. The maximum absolute atomic E-state index is 12.2. The quantitative estimate of drug-likeness (QED) is 0.718. The Morgan fingerprint density at radius 1 is 1.22 bits per heavy atom. The van der Waals surface area contributed by atoms with Gasteiger partial charge in [-0.3, -0.25) is 0 Å². The number of aryl methyl sites for hydroxylation is 1. The van der Waals surface area contributed by atoms with Crippen LogP contribution in [0.15, 0.2) is 39.6 Å². The molecule has 1 aromatic carbocycles. The van der Waals surface area contributed by atoms with Gasteiger partial charge in [-0.25, -0.2) is 22.7 Å². The van der Waals surface area contributed by atoms with Gasteiger partial charge in [0.15, 0.2) is 0 Å². The van der Waals surface area contributed by atoms with Gasteiger partial charge < -0.3 is 13.9 Å². The highest BCUT2D eigenvalue weighted by atomic mass is 32.2. The van der Waals surface area contributed by atoms with Crippen molar-refractivity contribution in [1.29, 1.82) is 0 Å². The second-order valence-electron chi connectivity index (χ2n) is 6.22. The average Bonchev–Trinajstić information content (AvgIpc) is 3.37. The number of sulfonamides is 1. The zero-order chi connectivity index (χ0) is 19.6. The Labute approximate surface area is 156 Å². The minimum absolute atomic E-state index is 0.00525. The Kier molecular flexibility index (Phi) is 5.33. The topological polar surface area (TPSA) is 112 Å². The van der Waals surface area contributed by atoms with Gasteiger partial charge >= 0.3 is 11.9 Å². The molecule has 1 aromatic heterocycles. The third-order valence-corrected chi connectivity index (χ3v) is 5.48. The molecule has 0 saturated heterocycles. The van der Waals surface area contributed by atoms with Gasteiger partial charge in [0.05, 0.1) is 17.6 Å². The van der Waals surface area contributed by atoms with Gasteiger partial charge in [0.1, 0.15) is 12.4 Å². The van der Waals surface area contributed by atoms with Crippen molar-refractivity contribution in [3.8, 4) is 0 Å². The maximum Gasteiger partial charge on any atom is 0.374 e. The first-order valence-electron chi connectivity index (χ1n) is 8.27. The summed E-state index contributed by atoms with van der Waals surface area (Å²) in [6.45, 7) is 1.47. The highest BCUT2D eigenvalue weighted by molar-refractivity contribution is 7.89. The molecule has 1 aliphatic carbocycles. The van der Waals surface area contributed by atoms with E-state index in [0.29, 0.717) is 5.56 Å². The third-order valence-electron chi connectivity index (χ3n) is 3.96. The van der Waals surface area contributed by atoms with Crippen LogP contribution in [-0.2, 0) is 26.1 Å². The van der Waals surface area contributed by atoms with Crippen LogP contribution in [0.2, 0.25) is 0 Å². The normalized spacial score (nSPS) is 14.0. The highest BCUT2D eigenvalue weighted by Gasteiger charge is 2.28. The standard InChI is InChI=1S/C18H19NO7S/c1-11-8-14(26-16(11)18(21)24-2)10-25-17(20)12-4-3-5-15(9-12)27(22,23)19-13-6-7-13/h3-5,8-9,13,19H,6-7,10H2,1-2H3. The molecule has 27 heavy (non-hydrogen) atoms. The first-order valence-corrected chi connectivity index (χ1v) is 9.75. The number of methoxy groups -OCH3 is 1. The first-order chi connectivity index (χ1) is 12.8. The lowest BCUT2D eigenvalue weighted by Crippen LogP contribution is -2.25. The van der Waals surface area contributed by atoms with Gasteiger partial charge in [-0.15, -0.1) is 0 Å². The Morgan fingerprint density at radius 2 is 1.96 bits per heavy atom. The van der Waals surface area contributed by atoms with Crippen molar-refractivity contribution in [3.63, 3.8) is 0 Å². The second-order valence-corrected chi connectivity index (χ2v) is 7.93. The molecular formula is C18H19NO7S. The molecule has 3 rings (SSSR count). The van der Waals surface area contributed by atoms with Crippen LogP contribution in [0.4, 0.5) is 0 Å². The Balaban J connectivity index is 1.68. The lowest BCUT2D eigenvalue weighted by molar-refractivity contribution is 0.0438. The molecule has 9 heteroatoms. The molecule has 8 nitrogen and oxygen atoms in total. The van der Waals surface area contributed by atoms with Crippen LogP contribution in [0, 0.1) is 6.92 Å². The summed E-state index contributed by atoms with van der Waals surface area (Å²) in [6.07, 6.45) is 1.63. The van der Waals surface area contributed by atoms with E-state index in [0.717, 1.165) is 12.8 Å². The number of benzene rings is 1. The molecule has 0 amide bonds. The molecule has 1 N–H and O–H groups in total. The number of carbonyl (C=O) groups is 2. The van der Waals surface area contributed by atoms with E-state index in [-0.39, 0.29) is 34.6 Å². The zero-order valence-electron chi connectivity index (χ0n) is 14.9. The number of nitrogens with one attached hydrogen (secondary N) is 1. The molecule has 0 bridgehead atoms. The predicted molar refractivity (Wildman–Crippen MR) is 93.7 cm³/mol. The predicted octanol–water partition coefficient (Wildman–Crippen LogP) is 2.17. The summed E-state index contributed by atoms with van der Waals surface area (Å²) in [4.78, 5) is 23.8. The summed E-state index contributed by atoms with van der Waals surface area (Å²) in [7, 11) is -2.42. The van der Waals surface area contributed by atoms with E-state index in [1.807, 2.05) is 0 Å². The number of furan rings is 1. The van der Waals surface area contributed by atoms with E-state index < -0.39 is 22.0 Å². The molecule has 0 unspecified atom stereocenters. The molecule has 144 valence electrons. The van der Waals surface area contributed by atoms with Gasteiger partial charge in [0, 0.05) is 11.6 Å². The summed E-state index contributed by atoms with van der Waals surface area (Å²) < 4.78 is 42.1. The van der Waals surface area contributed by atoms with E-state index in [9.17, 15) is 18.0 Å². The van der Waals surface area contributed by atoms with Crippen LogP contribution in [0.5, 0.6) is 0 Å². The van der Waals surface area contributed by atoms with Crippen molar-refractivity contribution < 1.29 is 31.9 Å². The first kappa shape index (κ1) is 19.1. The minimum Gasteiger partial charge on any atom is -0.463 e. The van der Waals surface area contributed by atoms with Crippen molar-refractivity contribution in [2.75, 3.05) is 7.11 Å². The fourth-order valence-electron chi connectivity index (χ4n) is 2.41. The van der Waals surface area contributed by atoms with Crippen molar-refractivity contribution in [3.05, 3.63) is 53.0 Å². The number of esters is 2. The molecule has 1 heterocycles. The smallest absolute Gasteiger partial charge is 0.374 e. The van der Waals surface area contributed by atoms with Gasteiger partial charge in [0.2, 0.25) is 15.8 Å². The van der Waals surface area contributed by atoms with Crippen LogP contribution in [-0.4, -0.2) is 33.5 Å². The zero-order valence-corrected chi connectivity index (χ0v) is 15.7. The largest absolute Gasteiger partial charge is 0.463 e. The third kappa shape index (κ3) is 4.55. The Hall–Kier alpha value is -2.65. The summed E-state index contributed by atoms with van der Waals surface area (Å²) in [6, 6.07) is 7.16. The molecule has 0 atom stereocenters. The van der Waals surface area contributed by atoms with E-state index >= 15 is 0 Å². The SMILES string of the molecule is COC(=O)c1oc(COC(=O)c2cccc(S(=O)(=O)NC3CC3)c2)cc1C. The summed E-state index contributed by atoms with van der Waals surface area (Å²) in [5, 5.41) is 0.